The van der Waals surface area contributed by atoms with E-state index in [0.29, 0.717) is 24.5 Å². The Morgan fingerprint density at radius 3 is 2.78 bits per heavy atom. The van der Waals surface area contributed by atoms with E-state index in [0.717, 1.165) is 25.9 Å². The van der Waals surface area contributed by atoms with Crippen LogP contribution < -0.4 is 0 Å². The second-order valence-electron chi connectivity index (χ2n) is 6.35. The van der Waals surface area contributed by atoms with Gasteiger partial charge in [0.15, 0.2) is 0 Å². The average Bonchev–Trinajstić information content (AvgIpc) is 2.91. The zero-order valence-corrected chi connectivity index (χ0v) is 13.9. The number of allylic oxidation sites excluding steroid dienone is 2. The number of fused-ring (bicyclic) bond motifs is 2. The van der Waals surface area contributed by atoms with E-state index in [1.807, 2.05) is 25.1 Å². The molecule has 2 atom stereocenters. The van der Waals surface area contributed by atoms with Crippen LogP contribution in [0.5, 0.6) is 0 Å². The lowest BCUT2D eigenvalue weighted by Gasteiger charge is -2.42. The lowest BCUT2D eigenvalue weighted by Crippen LogP contribution is -2.55. The number of amides is 1. The highest BCUT2D eigenvalue weighted by Gasteiger charge is 2.42. The van der Waals surface area contributed by atoms with Crippen molar-refractivity contribution in [3.05, 3.63) is 54.1 Å². The lowest BCUT2D eigenvalue weighted by molar-refractivity contribution is -0.140. The minimum Gasteiger partial charge on any atom is -0.324 e. The summed E-state index contributed by atoms with van der Waals surface area (Å²) in [6.45, 7) is 3.99. The fourth-order valence-electron chi connectivity index (χ4n) is 3.74. The summed E-state index contributed by atoms with van der Waals surface area (Å²) in [5.74, 6) is 0.315. The maximum absolute atomic E-state index is 12.2. The molecule has 1 aromatic rings. The van der Waals surface area contributed by atoms with E-state index < -0.39 is 0 Å². The molecule has 0 spiro atoms. The second-order valence-corrected chi connectivity index (χ2v) is 6.35. The van der Waals surface area contributed by atoms with Crippen LogP contribution in [0.15, 0.2) is 48.6 Å². The Morgan fingerprint density at radius 1 is 1.17 bits per heavy atom. The van der Waals surface area contributed by atoms with Gasteiger partial charge < -0.3 is 4.90 Å². The molecule has 2 aliphatic heterocycles. The van der Waals surface area contributed by atoms with E-state index in [4.69, 9.17) is 0 Å². The third-order valence-electron chi connectivity index (χ3n) is 4.91. The van der Waals surface area contributed by atoms with Gasteiger partial charge in [-0.05, 0) is 24.8 Å². The summed E-state index contributed by atoms with van der Waals surface area (Å²) in [6.07, 6.45) is 12.9. The van der Waals surface area contributed by atoms with Gasteiger partial charge in [-0.15, -0.1) is 0 Å². The molecule has 2 fully saturated rings. The minimum atomic E-state index is 0.315. The van der Waals surface area contributed by atoms with Crippen molar-refractivity contribution in [3.8, 4) is 0 Å². The Bertz CT molecular complexity index is 579. The van der Waals surface area contributed by atoms with Gasteiger partial charge in [0.2, 0.25) is 5.91 Å². The van der Waals surface area contributed by atoms with Gasteiger partial charge in [-0.2, -0.15) is 0 Å². The SMILES string of the molecule is CCC(=O)N1C2CCC1N(C/C=C/C=C/c1ccccc1)CC2. The summed E-state index contributed by atoms with van der Waals surface area (Å²) in [4.78, 5) is 16.8. The van der Waals surface area contributed by atoms with E-state index in [1.165, 1.54) is 12.0 Å². The first-order valence-corrected chi connectivity index (χ1v) is 8.73. The highest BCUT2D eigenvalue weighted by molar-refractivity contribution is 5.77. The lowest BCUT2D eigenvalue weighted by atomic mass is 10.1. The fourth-order valence-corrected chi connectivity index (χ4v) is 3.74. The fraction of sp³-hybridized carbons (Fsp3) is 0.450. The predicted octanol–water partition coefficient (Wildman–Crippen LogP) is 3.69. The molecule has 2 bridgehead atoms. The van der Waals surface area contributed by atoms with Crippen molar-refractivity contribution in [1.82, 2.24) is 9.80 Å². The normalized spacial score (nSPS) is 24.8. The number of likely N-dealkylation sites (tertiary alicyclic amines) is 1. The molecule has 3 nitrogen and oxygen atoms in total. The third kappa shape index (κ3) is 3.73. The van der Waals surface area contributed by atoms with Crippen LogP contribution in [0.3, 0.4) is 0 Å². The van der Waals surface area contributed by atoms with Crippen LogP contribution >= 0.6 is 0 Å². The molecule has 2 aliphatic rings. The molecule has 23 heavy (non-hydrogen) atoms. The van der Waals surface area contributed by atoms with Gasteiger partial charge in [-0.1, -0.05) is 61.6 Å². The molecule has 2 unspecified atom stereocenters. The van der Waals surface area contributed by atoms with Crippen LogP contribution in [-0.2, 0) is 4.79 Å². The number of hydrogen-bond donors (Lipinski definition) is 0. The number of carbonyl (C=O) groups excluding carboxylic acids is 1. The topological polar surface area (TPSA) is 23.6 Å². The van der Waals surface area contributed by atoms with Crippen LogP contribution in [-0.4, -0.2) is 41.0 Å². The number of hydrogen-bond acceptors (Lipinski definition) is 2. The van der Waals surface area contributed by atoms with Gasteiger partial charge in [0.05, 0.1) is 6.17 Å². The van der Waals surface area contributed by atoms with Gasteiger partial charge in [0, 0.05) is 25.6 Å². The number of rotatable bonds is 5. The van der Waals surface area contributed by atoms with Gasteiger partial charge in [0.1, 0.15) is 0 Å². The van der Waals surface area contributed by atoms with E-state index in [1.54, 1.807) is 0 Å². The zero-order chi connectivity index (χ0) is 16.1. The molecule has 0 saturated carbocycles. The third-order valence-corrected chi connectivity index (χ3v) is 4.91. The highest BCUT2D eigenvalue weighted by Crippen LogP contribution is 2.33. The number of carbonyl (C=O) groups is 1. The highest BCUT2D eigenvalue weighted by atomic mass is 16.2. The molecular weight excluding hydrogens is 284 g/mol. The van der Waals surface area contributed by atoms with Crippen molar-refractivity contribution in [2.24, 2.45) is 0 Å². The monoisotopic (exact) mass is 310 g/mol. The molecule has 0 N–H and O–H groups in total. The van der Waals surface area contributed by atoms with E-state index >= 15 is 0 Å². The van der Waals surface area contributed by atoms with Crippen molar-refractivity contribution in [2.45, 2.75) is 44.8 Å². The standard InChI is InChI=1S/C20H26N2O/c1-2-20(23)22-18-12-13-19(22)21(16-14-18)15-8-4-7-11-17-9-5-3-6-10-17/h3-11,18-19H,2,12-16H2,1H3/b8-4+,11-7+. The second kappa shape index (κ2) is 7.60. The molecule has 1 amide bonds. The summed E-state index contributed by atoms with van der Waals surface area (Å²) in [5, 5.41) is 0. The van der Waals surface area contributed by atoms with Crippen molar-refractivity contribution in [3.63, 3.8) is 0 Å². The molecule has 3 rings (SSSR count). The molecule has 3 heteroatoms. The van der Waals surface area contributed by atoms with Crippen molar-refractivity contribution >= 4 is 12.0 Å². The van der Waals surface area contributed by atoms with Gasteiger partial charge >= 0.3 is 0 Å². The van der Waals surface area contributed by atoms with Gasteiger partial charge in [-0.3, -0.25) is 9.69 Å². The first kappa shape index (κ1) is 16.0. The van der Waals surface area contributed by atoms with Crippen molar-refractivity contribution < 1.29 is 4.79 Å². The Hall–Kier alpha value is -1.87. The quantitative estimate of drug-likeness (QED) is 0.774. The summed E-state index contributed by atoms with van der Waals surface area (Å²) in [6, 6.07) is 10.8. The molecule has 2 heterocycles. The molecule has 0 radical (unpaired) electrons. The maximum Gasteiger partial charge on any atom is 0.223 e. The molecular formula is C20H26N2O. The van der Waals surface area contributed by atoms with Crippen LogP contribution in [0.25, 0.3) is 6.08 Å². The van der Waals surface area contributed by atoms with E-state index in [9.17, 15) is 4.79 Å². The van der Waals surface area contributed by atoms with E-state index in [-0.39, 0.29) is 0 Å². The Balaban J connectivity index is 1.55. The van der Waals surface area contributed by atoms with Crippen LogP contribution in [0.1, 0.15) is 38.2 Å². The van der Waals surface area contributed by atoms with Gasteiger partial charge in [-0.25, -0.2) is 0 Å². The summed E-state index contributed by atoms with van der Waals surface area (Å²) >= 11 is 0. The zero-order valence-electron chi connectivity index (χ0n) is 13.9. The molecule has 0 aromatic heterocycles. The van der Waals surface area contributed by atoms with Crippen molar-refractivity contribution in [2.75, 3.05) is 13.1 Å². The Labute approximate surface area is 139 Å². The summed E-state index contributed by atoms with van der Waals surface area (Å²) in [7, 11) is 0. The smallest absolute Gasteiger partial charge is 0.223 e. The summed E-state index contributed by atoms with van der Waals surface area (Å²) in [5.41, 5.74) is 1.22. The predicted molar refractivity (Wildman–Crippen MR) is 94.8 cm³/mol. The molecule has 2 saturated heterocycles. The first-order chi connectivity index (χ1) is 11.3. The van der Waals surface area contributed by atoms with Crippen LogP contribution in [0.4, 0.5) is 0 Å². The molecule has 122 valence electrons. The van der Waals surface area contributed by atoms with Gasteiger partial charge in [0.25, 0.3) is 0 Å². The minimum absolute atomic E-state index is 0.315. The van der Waals surface area contributed by atoms with E-state index in [2.05, 4.69) is 46.2 Å². The molecule has 1 aromatic carbocycles. The maximum atomic E-state index is 12.2. The summed E-state index contributed by atoms with van der Waals surface area (Å²) < 4.78 is 0. The molecule has 0 aliphatic carbocycles. The number of nitrogens with zero attached hydrogens (tertiary/aromatic N) is 2. The largest absolute Gasteiger partial charge is 0.324 e. The number of benzene rings is 1. The van der Waals surface area contributed by atoms with Crippen LogP contribution in [0.2, 0.25) is 0 Å². The average molecular weight is 310 g/mol. The first-order valence-electron chi connectivity index (χ1n) is 8.73. The van der Waals surface area contributed by atoms with Crippen LogP contribution in [0, 0.1) is 0 Å². The Morgan fingerprint density at radius 2 is 2.00 bits per heavy atom. The Kier molecular flexibility index (Phi) is 5.29. The van der Waals surface area contributed by atoms with Crippen molar-refractivity contribution in [1.29, 1.82) is 0 Å².